The third kappa shape index (κ3) is 2.85. The normalized spacial score (nSPS) is 33.1. The first-order chi connectivity index (χ1) is 13.2. The van der Waals surface area contributed by atoms with Gasteiger partial charge in [0.2, 0.25) is 0 Å². The van der Waals surface area contributed by atoms with Crippen molar-refractivity contribution in [3.05, 3.63) is 52.7 Å². The van der Waals surface area contributed by atoms with E-state index in [0.29, 0.717) is 29.2 Å². The van der Waals surface area contributed by atoms with E-state index in [1.807, 2.05) is 26.0 Å². The number of aryl methyl sites for hydroxylation is 1. The number of nitrogens with two attached hydrogens (primary N) is 1. The maximum absolute atomic E-state index is 12.5. The molecule has 0 saturated heterocycles. The number of aromatic hydroxyl groups is 1. The Kier molecular flexibility index (Phi) is 4.56. The minimum absolute atomic E-state index is 0.0215. The zero-order valence-corrected chi connectivity index (χ0v) is 17.2. The third-order valence-corrected chi connectivity index (χ3v) is 7.57. The standard InChI is InChI=1S/C24H32N2O2/c1-13(2)26-23(28)22(25)20-12-21-19-7-5-15-11-16(27)6-8-17(15)18(19)9-10-24(21,4)14(20)3/h6,8,11,13,18-19,21,27H,3,5,7,9-10,12,25H2,1-2,4H3,(H,26,28)/b22-20-/t18?,19?,21?,24-/m1/s1. The molecular weight excluding hydrogens is 348 g/mol. The molecule has 3 aliphatic carbocycles. The molecule has 0 radical (unpaired) electrons. The van der Waals surface area contributed by atoms with Crippen LogP contribution in [0.25, 0.3) is 0 Å². The van der Waals surface area contributed by atoms with Crippen molar-refractivity contribution in [3.63, 3.8) is 0 Å². The summed E-state index contributed by atoms with van der Waals surface area (Å²) in [6.07, 6.45) is 5.17. The number of fused-ring (bicyclic) bond motifs is 5. The largest absolute Gasteiger partial charge is 0.508 e. The van der Waals surface area contributed by atoms with E-state index in [4.69, 9.17) is 5.73 Å². The van der Waals surface area contributed by atoms with Gasteiger partial charge in [0, 0.05) is 6.04 Å². The lowest BCUT2D eigenvalue weighted by molar-refractivity contribution is -0.118. The number of nitrogens with one attached hydrogen (secondary N) is 1. The lowest BCUT2D eigenvalue weighted by atomic mass is 9.55. The highest BCUT2D eigenvalue weighted by Gasteiger charge is 2.54. The minimum Gasteiger partial charge on any atom is -0.508 e. The van der Waals surface area contributed by atoms with Gasteiger partial charge in [0.15, 0.2) is 0 Å². The van der Waals surface area contributed by atoms with E-state index in [-0.39, 0.29) is 17.4 Å². The second-order valence-corrected chi connectivity index (χ2v) is 9.46. The number of benzene rings is 1. The van der Waals surface area contributed by atoms with Gasteiger partial charge in [0.25, 0.3) is 5.91 Å². The average Bonchev–Trinajstić information content (AvgIpc) is 2.91. The predicted molar refractivity (Wildman–Crippen MR) is 112 cm³/mol. The van der Waals surface area contributed by atoms with Crippen LogP contribution in [0.4, 0.5) is 0 Å². The van der Waals surface area contributed by atoms with Crippen LogP contribution in [0.3, 0.4) is 0 Å². The molecule has 4 heteroatoms. The number of carbonyl (C=O) groups excluding carboxylic acids is 1. The topological polar surface area (TPSA) is 75.4 Å². The Bertz CT molecular complexity index is 869. The summed E-state index contributed by atoms with van der Waals surface area (Å²) in [4.78, 5) is 12.5. The van der Waals surface area contributed by atoms with E-state index in [1.165, 1.54) is 11.1 Å². The summed E-state index contributed by atoms with van der Waals surface area (Å²) >= 11 is 0. The van der Waals surface area contributed by atoms with Crippen LogP contribution in [0.1, 0.15) is 63.5 Å². The van der Waals surface area contributed by atoms with Gasteiger partial charge in [-0.2, -0.15) is 0 Å². The smallest absolute Gasteiger partial charge is 0.267 e. The van der Waals surface area contributed by atoms with Gasteiger partial charge in [-0.3, -0.25) is 4.79 Å². The molecule has 0 bridgehead atoms. The molecule has 2 fully saturated rings. The highest BCUT2D eigenvalue weighted by atomic mass is 16.3. The summed E-state index contributed by atoms with van der Waals surface area (Å²) in [6, 6.07) is 5.94. The van der Waals surface area contributed by atoms with E-state index in [0.717, 1.165) is 43.3 Å². The Morgan fingerprint density at radius 1 is 1.36 bits per heavy atom. The maximum atomic E-state index is 12.5. The fourth-order valence-electron chi connectivity index (χ4n) is 6.08. The van der Waals surface area contributed by atoms with E-state index < -0.39 is 0 Å². The Hall–Kier alpha value is -2.23. The molecule has 28 heavy (non-hydrogen) atoms. The predicted octanol–water partition coefficient (Wildman–Crippen LogP) is 4.15. The van der Waals surface area contributed by atoms with Crippen molar-refractivity contribution in [2.24, 2.45) is 23.0 Å². The summed E-state index contributed by atoms with van der Waals surface area (Å²) in [5.41, 5.74) is 11.4. The van der Waals surface area contributed by atoms with Crippen molar-refractivity contribution in [2.45, 2.75) is 64.8 Å². The quantitative estimate of drug-likeness (QED) is 0.675. The van der Waals surface area contributed by atoms with Crippen molar-refractivity contribution < 1.29 is 9.90 Å². The molecule has 1 aromatic carbocycles. The molecular formula is C24H32N2O2. The number of phenols is 1. The third-order valence-electron chi connectivity index (χ3n) is 7.57. The van der Waals surface area contributed by atoms with E-state index >= 15 is 0 Å². The molecule has 2 saturated carbocycles. The van der Waals surface area contributed by atoms with Crippen molar-refractivity contribution in [3.8, 4) is 5.75 Å². The second-order valence-electron chi connectivity index (χ2n) is 9.46. The summed E-state index contributed by atoms with van der Waals surface area (Å²) in [6.45, 7) is 10.6. The molecule has 4 nitrogen and oxygen atoms in total. The Labute approximate surface area is 167 Å². The van der Waals surface area contributed by atoms with E-state index in [1.54, 1.807) is 0 Å². The van der Waals surface area contributed by atoms with Gasteiger partial charge in [0.1, 0.15) is 11.4 Å². The first kappa shape index (κ1) is 19.1. The number of rotatable bonds is 2. The van der Waals surface area contributed by atoms with Crippen molar-refractivity contribution >= 4 is 5.91 Å². The molecule has 4 rings (SSSR count). The highest BCUT2D eigenvalue weighted by Crippen LogP contribution is 2.64. The summed E-state index contributed by atoms with van der Waals surface area (Å²) < 4.78 is 0. The molecule has 150 valence electrons. The van der Waals surface area contributed by atoms with Gasteiger partial charge in [-0.15, -0.1) is 0 Å². The number of carbonyl (C=O) groups is 1. The average molecular weight is 381 g/mol. The van der Waals surface area contributed by atoms with Gasteiger partial charge < -0.3 is 16.2 Å². The van der Waals surface area contributed by atoms with Crippen LogP contribution >= 0.6 is 0 Å². The van der Waals surface area contributed by atoms with Gasteiger partial charge in [-0.1, -0.05) is 19.6 Å². The van der Waals surface area contributed by atoms with E-state index in [9.17, 15) is 9.90 Å². The van der Waals surface area contributed by atoms with Crippen LogP contribution in [0.15, 0.2) is 41.6 Å². The van der Waals surface area contributed by atoms with Crippen LogP contribution in [0, 0.1) is 17.3 Å². The lowest BCUT2D eigenvalue weighted by Crippen LogP contribution is -2.40. The molecule has 4 atom stereocenters. The van der Waals surface area contributed by atoms with Gasteiger partial charge in [-0.25, -0.2) is 0 Å². The lowest BCUT2D eigenvalue weighted by Gasteiger charge is -2.49. The van der Waals surface area contributed by atoms with Crippen LogP contribution in [-0.4, -0.2) is 17.1 Å². The Morgan fingerprint density at radius 2 is 2.11 bits per heavy atom. The van der Waals surface area contributed by atoms with E-state index in [2.05, 4.69) is 24.9 Å². The molecule has 4 N–H and O–H groups in total. The molecule has 3 aliphatic rings. The van der Waals surface area contributed by atoms with Crippen LogP contribution in [0.5, 0.6) is 5.75 Å². The Morgan fingerprint density at radius 3 is 2.82 bits per heavy atom. The zero-order chi connectivity index (χ0) is 20.2. The molecule has 0 spiro atoms. The van der Waals surface area contributed by atoms with Crippen LogP contribution in [0.2, 0.25) is 0 Å². The maximum Gasteiger partial charge on any atom is 0.267 e. The molecule has 1 amide bonds. The zero-order valence-electron chi connectivity index (χ0n) is 17.2. The fourth-order valence-corrected chi connectivity index (χ4v) is 6.08. The van der Waals surface area contributed by atoms with Crippen molar-refractivity contribution in [1.82, 2.24) is 5.32 Å². The molecule has 1 aromatic rings. The van der Waals surface area contributed by atoms with Gasteiger partial charge in [-0.05, 0) is 104 Å². The summed E-state index contributed by atoms with van der Waals surface area (Å²) in [5, 5.41) is 12.8. The number of allylic oxidation sites excluding steroid dienone is 2. The van der Waals surface area contributed by atoms with Gasteiger partial charge >= 0.3 is 0 Å². The Balaban J connectivity index is 1.67. The number of phenolic OH excluding ortho intramolecular Hbond substituents is 1. The molecule has 0 aromatic heterocycles. The number of amides is 1. The molecule has 0 heterocycles. The first-order valence-corrected chi connectivity index (χ1v) is 10.5. The van der Waals surface area contributed by atoms with Crippen molar-refractivity contribution in [2.75, 3.05) is 0 Å². The monoisotopic (exact) mass is 380 g/mol. The van der Waals surface area contributed by atoms with Gasteiger partial charge in [0.05, 0.1) is 0 Å². The summed E-state index contributed by atoms with van der Waals surface area (Å²) in [7, 11) is 0. The second kappa shape index (κ2) is 6.68. The molecule has 0 aliphatic heterocycles. The highest BCUT2D eigenvalue weighted by molar-refractivity contribution is 5.94. The first-order valence-electron chi connectivity index (χ1n) is 10.5. The number of hydrogen-bond donors (Lipinski definition) is 3. The van der Waals surface area contributed by atoms with Crippen molar-refractivity contribution in [1.29, 1.82) is 0 Å². The number of hydrogen-bond acceptors (Lipinski definition) is 3. The van der Waals surface area contributed by atoms with Crippen LogP contribution < -0.4 is 11.1 Å². The molecule has 3 unspecified atom stereocenters. The minimum atomic E-state index is -0.172. The van der Waals surface area contributed by atoms with Crippen LogP contribution in [-0.2, 0) is 11.2 Å². The fraction of sp³-hybridized carbons (Fsp3) is 0.542. The summed E-state index contributed by atoms with van der Waals surface area (Å²) in [5.74, 6) is 1.77. The SMILES string of the molecule is C=C1/C(=C(\N)C(=O)NC(C)C)CC2C3CCc4cc(O)ccc4C3CC[C@]12C.